The van der Waals surface area contributed by atoms with Crippen LogP contribution in [0.2, 0.25) is 0 Å². The summed E-state index contributed by atoms with van der Waals surface area (Å²) in [5.41, 5.74) is 3.76. The summed E-state index contributed by atoms with van der Waals surface area (Å²) < 4.78 is 0. The summed E-state index contributed by atoms with van der Waals surface area (Å²) in [7, 11) is 0. The lowest BCUT2D eigenvalue weighted by molar-refractivity contribution is -0.0101. The lowest BCUT2D eigenvalue weighted by Gasteiger charge is -2.32. The smallest absolute Gasteiger partial charge is 0.0707 e. The lowest BCUT2D eigenvalue weighted by Crippen LogP contribution is -2.34. The van der Waals surface area contributed by atoms with Crippen LogP contribution in [0.3, 0.4) is 0 Å². The van der Waals surface area contributed by atoms with Gasteiger partial charge in [-0.3, -0.25) is 0 Å². The van der Waals surface area contributed by atoms with Crippen molar-refractivity contribution in [2.45, 2.75) is 85.2 Å². The van der Waals surface area contributed by atoms with Gasteiger partial charge in [-0.15, -0.1) is 0 Å². The number of allylic oxidation sites excluding steroid dienone is 5. The Bertz CT molecular complexity index is 412. The Hall–Kier alpha value is -0.820. The Labute approximate surface area is 131 Å². The van der Waals surface area contributed by atoms with Gasteiger partial charge < -0.3 is 5.11 Å². The SMILES string of the molecule is C/C1=C\CC/C(C)=C/C[C@@](O)(C(C)C)CC/C(C)=C/CC1. The summed E-state index contributed by atoms with van der Waals surface area (Å²) in [4.78, 5) is 0. The maximum absolute atomic E-state index is 11.0. The van der Waals surface area contributed by atoms with Crippen molar-refractivity contribution in [2.75, 3.05) is 0 Å². The van der Waals surface area contributed by atoms with Crippen molar-refractivity contribution in [3.05, 3.63) is 34.9 Å². The molecule has 0 fully saturated rings. The molecule has 0 saturated heterocycles. The van der Waals surface area contributed by atoms with Gasteiger partial charge in [0.05, 0.1) is 5.60 Å². The fourth-order valence-corrected chi connectivity index (χ4v) is 2.79. The summed E-state index contributed by atoms with van der Waals surface area (Å²) in [5.74, 6) is 0.296. The van der Waals surface area contributed by atoms with Gasteiger partial charge in [-0.25, -0.2) is 0 Å². The van der Waals surface area contributed by atoms with Crippen molar-refractivity contribution in [1.29, 1.82) is 0 Å². The molecule has 0 aromatic heterocycles. The Morgan fingerprint density at radius 2 is 1.33 bits per heavy atom. The van der Waals surface area contributed by atoms with E-state index < -0.39 is 5.60 Å². The molecule has 1 rings (SSSR count). The van der Waals surface area contributed by atoms with Crippen LogP contribution in [0.5, 0.6) is 0 Å². The number of aliphatic hydroxyl groups is 1. The Morgan fingerprint density at radius 1 is 0.857 bits per heavy atom. The van der Waals surface area contributed by atoms with E-state index in [-0.39, 0.29) is 0 Å². The summed E-state index contributed by atoms with van der Waals surface area (Å²) in [6, 6.07) is 0. The fourth-order valence-electron chi connectivity index (χ4n) is 2.79. The van der Waals surface area contributed by atoms with Crippen molar-refractivity contribution in [3.63, 3.8) is 0 Å². The minimum atomic E-state index is -0.563. The number of rotatable bonds is 1. The van der Waals surface area contributed by atoms with Gasteiger partial charge in [0.15, 0.2) is 0 Å². The van der Waals surface area contributed by atoms with Crippen molar-refractivity contribution >= 4 is 0 Å². The highest BCUT2D eigenvalue weighted by Gasteiger charge is 2.29. The van der Waals surface area contributed by atoms with E-state index in [1.54, 1.807) is 0 Å². The molecule has 0 saturated carbocycles. The number of hydrogen-bond donors (Lipinski definition) is 1. The highest BCUT2D eigenvalue weighted by atomic mass is 16.3. The van der Waals surface area contributed by atoms with Crippen molar-refractivity contribution in [2.24, 2.45) is 5.92 Å². The minimum Gasteiger partial charge on any atom is -0.389 e. The first-order chi connectivity index (χ1) is 9.83. The molecular weight excluding hydrogens is 256 g/mol. The Balaban J connectivity index is 2.88. The van der Waals surface area contributed by atoms with Crippen LogP contribution in [0.25, 0.3) is 0 Å². The van der Waals surface area contributed by atoms with Gasteiger partial charge in [-0.2, -0.15) is 0 Å². The molecule has 1 nitrogen and oxygen atoms in total. The van der Waals surface area contributed by atoms with Crippen LogP contribution >= 0.6 is 0 Å². The fraction of sp³-hybridized carbons (Fsp3) is 0.700. The van der Waals surface area contributed by atoms with E-state index in [9.17, 15) is 5.11 Å². The molecule has 0 bridgehead atoms. The summed E-state index contributed by atoms with van der Waals surface area (Å²) in [6.45, 7) is 10.9. The molecule has 1 atom stereocenters. The third-order valence-electron chi connectivity index (χ3n) is 4.89. The minimum absolute atomic E-state index is 0.296. The summed E-state index contributed by atoms with van der Waals surface area (Å²) >= 11 is 0. The molecule has 1 aliphatic rings. The van der Waals surface area contributed by atoms with E-state index in [1.807, 2.05) is 0 Å². The molecule has 0 amide bonds. The standard InChI is InChI=1S/C20H34O/c1-16(2)20(21)14-12-18(4)10-6-8-17(3)9-7-11-19(5)13-15-20/h8,11-12,16,21H,6-7,9-10,13-15H2,1-5H3/b17-8+,18-12+,19-11+/t20-/m0/s1. The first kappa shape index (κ1) is 18.2. The molecule has 0 aliphatic heterocycles. The van der Waals surface area contributed by atoms with Crippen molar-refractivity contribution in [1.82, 2.24) is 0 Å². The maximum Gasteiger partial charge on any atom is 0.0707 e. The van der Waals surface area contributed by atoms with Crippen LogP contribution in [-0.2, 0) is 0 Å². The second-order valence-corrected chi connectivity index (χ2v) is 7.19. The van der Waals surface area contributed by atoms with Crippen molar-refractivity contribution < 1.29 is 5.11 Å². The highest BCUT2D eigenvalue weighted by molar-refractivity contribution is 5.09. The van der Waals surface area contributed by atoms with Crippen LogP contribution in [0.4, 0.5) is 0 Å². The van der Waals surface area contributed by atoms with Crippen LogP contribution in [0.15, 0.2) is 34.9 Å². The monoisotopic (exact) mass is 290 g/mol. The predicted octanol–water partition coefficient (Wildman–Crippen LogP) is 5.96. The molecule has 0 aromatic carbocycles. The average molecular weight is 290 g/mol. The van der Waals surface area contributed by atoms with Gasteiger partial charge >= 0.3 is 0 Å². The van der Waals surface area contributed by atoms with E-state index >= 15 is 0 Å². The zero-order valence-electron chi connectivity index (χ0n) is 14.7. The van der Waals surface area contributed by atoms with E-state index in [2.05, 4.69) is 52.8 Å². The molecule has 0 spiro atoms. The molecule has 21 heavy (non-hydrogen) atoms. The largest absolute Gasteiger partial charge is 0.389 e. The zero-order chi connectivity index (χ0) is 15.9. The van der Waals surface area contributed by atoms with Crippen molar-refractivity contribution in [3.8, 4) is 0 Å². The van der Waals surface area contributed by atoms with Gasteiger partial charge in [0.1, 0.15) is 0 Å². The van der Waals surface area contributed by atoms with Gasteiger partial charge in [0.25, 0.3) is 0 Å². The molecule has 0 aromatic rings. The maximum atomic E-state index is 11.0. The quantitative estimate of drug-likeness (QED) is 0.591. The molecule has 1 heteroatoms. The topological polar surface area (TPSA) is 20.2 Å². The van der Waals surface area contributed by atoms with Gasteiger partial charge in [0.2, 0.25) is 0 Å². The molecule has 0 unspecified atom stereocenters. The van der Waals surface area contributed by atoms with Crippen LogP contribution in [-0.4, -0.2) is 10.7 Å². The van der Waals surface area contributed by atoms with Gasteiger partial charge in [-0.05, 0) is 71.6 Å². The first-order valence-corrected chi connectivity index (χ1v) is 8.53. The van der Waals surface area contributed by atoms with Crippen LogP contribution in [0, 0.1) is 5.92 Å². The molecule has 0 radical (unpaired) electrons. The van der Waals surface area contributed by atoms with Gasteiger partial charge in [0, 0.05) is 0 Å². The first-order valence-electron chi connectivity index (χ1n) is 8.53. The normalized spacial score (nSPS) is 34.1. The average Bonchev–Trinajstić information content (AvgIpc) is 2.42. The zero-order valence-corrected chi connectivity index (χ0v) is 14.7. The van der Waals surface area contributed by atoms with E-state index in [1.165, 1.54) is 16.7 Å². The highest BCUT2D eigenvalue weighted by Crippen LogP contribution is 2.30. The summed E-state index contributed by atoms with van der Waals surface area (Å²) in [6.07, 6.45) is 14.2. The number of hydrogen-bond acceptors (Lipinski definition) is 1. The third kappa shape index (κ3) is 6.65. The molecule has 0 heterocycles. The Morgan fingerprint density at radius 3 is 1.86 bits per heavy atom. The molecular formula is C20H34O. The second-order valence-electron chi connectivity index (χ2n) is 7.19. The van der Waals surface area contributed by atoms with Crippen LogP contribution < -0.4 is 0 Å². The second kappa shape index (κ2) is 8.58. The molecule has 1 N–H and O–H groups in total. The lowest BCUT2D eigenvalue weighted by atomic mass is 9.81. The summed E-state index contributed by atoms with van der Waals surface area (Å²) in [5, 5.41) is 11.0. The van der Waals surface area contributed by atoms with Crippen LogP contribution in [0.1, 0.15) is 79.6 Å². The molecule has 1 aliphatic carbocycles. The van der Waals surface area contributed by atoms with E-state index in [4.69, 9.17) is 0 Å². The molecule has 120 valence electrons. The van der Waals surface area contributed by atoms with Gasteiger partial charge in [-0.1, -0.05) is 48.8 Å². The Kier molecular flexibility index (Phi) is 7.45. The third-order valence-corrected chi connectivity index (χ3v) is 4.89. The predicted molar refractivity (Wildman–Crippen MR) is 93.4 cm³/mol. The van der Waals surface area contributed by atoms with E-state index in [0.29, 0.717) is 5.92 Å². The van der Waals surface area contributed by atoms with E-state index in [0.717, 1.165) is 44.9 Å².